The lowest BCUT2D eigenvalue weighted by Crippen LogP contribution is -2.21. The summed E-state index contributed by atoms with van der Waals surface area (Å²) in [5.74, 6) is -0.264. The number of rotatable bonds is 9. The second-order valence-corrected chi connectivity index (χ2v) is 7.54. The molecule has 150 valence electrons. The minimum absolute atomic E-state index is 0.0837. The van der Waals surface area contributed by atoms with Crippen LogP contribution in [-0.4, -0.2) is 23.6 Å². The number of hydrogen-bond donors (Lipinski definition) is 1. The molecule has 0 spiro atoms. The van der Waals surface area contributed by atoms with E-state index in [4.69, 9.17) is 4.74 Å². The van der Waals surface area contributed by atoms with Crippen LogP contribution in [0.25, 0.3) is 0 Å². The minimum Gasteiger partial charge on any atom is -0.490 e. The summed E-state index contributed by atoms with van der Waals surface area (Å²) in [5, 5.41) is 10.2. The van der Waals surface area contributed by atoms with Crippen LogP contribution in [0.3, 0.4) is 0 Å². The largest absolute Gasteiger partial charge is 0.490 e. The highest BCUT2D eigenvalue weighted by Crippen LogP contribution is 2.29. The zero-order valence-corrected chi connectivity index (χ0v) is 15.9. The first kappa shape index (κ1) is 20.5. The fraction of sp³-hybridized carbons (Fsp3) is 0.435. The molecule has 1 N–H and O–H groups in total. The van der Waals surface area contributed by atoms with Gasteiger partial charge in [-0.05, 0) is 54.7 Å². The van der Waals surface area contributed by atoms with E-state index in [2.05, 4.69) is 0 Å². The number of hydrogen-bond acceptors (Lipinski definition) is 3. The summed E-state index contributed by atoms with van der Waals surface area (Å²) in [6, 6.07) is 9.81. The van der Waals surface area contributed by atoms with Crippen LogP contribution in [0.1, 0.15) is 54.4 Å². The summed E-state index contributed by atoms with van der Waals surface area (Å²) in [6.07, 6.45) is 5.38. The van der Waals surface area contributed by atoms with Crippen LogP contribution in [0, 0.1) is 17.6 Å². The van der Waals surface area contributed by atoms with Gasteiger partial charge in [-0.1, -0.05) is 37.8 Å². The monoisotopic (exact) mass is 388 g/mol. The third kappa shape index (κ3) is 5.86. The standard InChI is InChI=1S/C23H26F2O3/c24-18-8-5-16(6-9-18)7-11-22(27)21-14-19(25)10-12-23(21)28-15-20(26)13-17-3-1-2-4-17/h5-6,8-10,12,14,17,20,26H,1-4,7,11,13,15H2. The van der Waals surface area contributed by atoms with Crippen molar-refractivity contribution in [3.05, 3.63) is 65.2 Å². The number of carbonyl (C=O) groups excluding carboxylic acids is 1. The Hall–Kier alpha value is -2.27. The maximum atomic E-state index is 13.7. The van der Waals surface area contributed by atoms with Gasteiger partial charge in [-0.2, -0.15) is 0 Å². The lowest BCUT2D eigenvalue weighted by molar-refractivity contribution is 0.0833. The number of aryl methyl sites for hydroxylation is 1. The van der Waals surface area contributed by atoms with E-state index in [1.165, 1.54) is 43.2 Å². The molecule has 1 atom stereocenters. The van der Waals surface area contributed by atoms with Gasteiger partial charge in [-0.25, -0.2) is 8.78 Å². The van der Waals surface area contributed by atoms with Crippen molar-refractivity contribution in [2.24, 2.45) is 5.92 Å². The normalized spacial score (nSPS) is 15.5. The molecule has 1 fully saturated rings. The predicted molar refractivity (Wildman–Crippen MR) is 104 cm³/mol. The first-order valence-corrected chi connectivity index (χ1v) is 9.89. The van der Waals surface area contributed by atoms with Crippen molar-refractivity contribution in [2.75, 3.05) is 6.61 Å². The Morgan fingerprint density at radius 3 is 2.46 bits per heavy atom. The Morgan fingerprint density at radius 2 is 1.75 bits per heavy atom. The molecule has 0 amide bonds. The molecule has 1 unspecified atom stereocenters. The molecule has 3 nitrogen and oxygen atoms in total. The Balaban J connectivity index is 1.59. The SMILES string of the molecule is O=C(CCc1ccc(F)cc1)c1cc(F)ccc1OCC(O)CC1CCCC1. The lowest BCUT2D eigenvalue weighted by atomic mass is 10.0. The van der Waals surface area contributed by atoms with Crippen LogP contribution in [0.4, 0.5) is 8.78 Å². The number of ether oxygens (including phenoxy) is 1. The molecule has 2 aromatic carbocycles. The van der Waals surface area contributed by atoms with Gasteiger partial charge in [0.15, 0.2) is 5.78 Å². The number of halogens is 2. The average Bonchev–Trinajstić information content (AvgIpc) is 3.19. The Morgan fingerprint density at radius 1 is 1.07 bits per heavy atom. The molecule has 1 aliphatic rings. The van der Waals surface area contributed by atoms with Crippen LogP contribution < -0.4 is 4.74 Å². The molecule has 28 heavy (non-hydrogen) atoms. The molecule has 0 saturated heterocycles. The number of benzene rings is 2. The van der Waals surface area contributed by atoms with E-state index in [0.29, 0.717) is 18.8 Å². The van der Waals surface area contributed by atoms with Gasteiger partial charge in [-0.15, -0.1) is 0 Å². The van der Waals surface area contributed by atoms with Gasteiger partial charge < -0.3 is 9.84 Å². The van der Waals surface area contributed by atoms with E-state index in [1.54, 1.807) is 12.1 Å². The number of aliphatic hydroxyl groups is 1. The van der Waals surface area contributed by atoms with Crippen molar-refractivity contribution in [3.8, 4) is 5.75 Å². The highest BCUT2D eigenvalue weighted by Gasteiger charge is 2.20. The fourth-order valence-corrected chi connectivity index (χ4v) is 3.77. The van der Waals surface area contributed by atoms with E-state index in [1.807, 2.05) is 0 Å². The summed E-state index contributed by atoms with van der Waals surface area (Å²) >= 11 is 0. The topological polar surface area (TPSA) is 46.5 Å². The maximum Gasteiger partial charge on any atom is 0.167 e. The molecular formula is C23H26F2O3. The van der Waals surface area contributed by atoms with Gasteiger partial charge in [0, 0.05) is 6.42 Å². The second-order valence-electron chi connectivity index (χ2n) is 7.54. The van der Waals surface area contributed by atoms with Crippen LogP contribution >= 0.6 is 0 Å². The van der Waals surface area contributed by atoms with Crippen molar-refractivity contribution < 1.29 is 23.4 Å². The lowest BCUT2D eigenvalue weighted by Gasteiger charge is -2.17. The van der Waals surface area contributed by atoms with Crippen LogP contribution in [-0.2, 0) is 6.42 Å². The molecule has 0 aliphatic heterocycles. The van der Waals surface area contributed by atoms with Gasteiger partial charge in [0.2, 0.25) is 0 Å². The zero-order valence-electron chi connectivity index (χ0n) is 15.9. The summed E-state index contributed by atoms with van der Waals surface area (Å²) in [7, 11) is 0. The highest BCUT2D eigenvalue weighted by atomic mass is 19.1. The molecule has 0 aromatic heterocycles. The summed E-state index contributed by atoms with van der Waals surface area (Å²) in [6.45, 7) is 0.0837. The van der Waals surface area contributed by atoms with E-state index in [9.17, 15) is 18.7 Å². The van der Waals surface area contributed by atoms with E-state index < -0.39 is 11.9 Å². The molecule has 2 aromatic rings. The molecule has 3 rings (SSSR count). The second kappa shape index (κ2) is 9.78. The average molecular weight is 388 g/mol. The van der Waals surface area contributed by atoms with Gasteiger partial charge >= 0.3 is 0 Å². The number of ketones is 1. The van der Waals surface area contributed by atoms with Crippen molar-refractivity contribution >= 4 is 5.78 Å². The molecule has 1 aliphatic carbocycles. The van der Waals surface area contributed by atoms with Crippen molar-refractivity contribution in [1.29, 1.82) is 0 Å². The van der Waals surface area contributed by atoms with Crippen LogP contribution in [0.2, 0.25) is 0 Å². The van der Waals surface area contributed by atoms with E-state index in [0.717, 1.165) is 18.4 Å². The van der Waals surface area contributed by atoms with Gasteiger partial charge in [0.25, 0.3) is 0 Å². The zero-order chi connectivity index (χ0) is 19.9. The molecule has 5 heteroatoms. The van der Waals surface area contributed by atoms with Gasteiger partial charge in [0.05, 0.1) is 11.7 Å². The molecule has 0 heterocycles. The van der Waals surface area contributed by atoms with Crippen molar-refractivity contribution in [2.45, 2.75) is 51.0 Å². The fourth-order valence-electron chi connectivity index (χ4n) is 3.77. The van der Waals surface area contributed by atoms with Gasteiger partial charge in [0.1, 0.15) is 24.0 Å². The van der Waals surface area contributed by atoms with E-state index in [-0.39, 0.29) is 35.9 Å². The van der Waals surface area contributed by atoms with Gasteiger partial charge in [-0.3, -0.25) is 4.79 Å². The number of carbonyl (C=O) groups is 1. The first-order chi connectivity index (χ1) is 13.5. The summed E-state index contributed by atoms with van der Waals surface area (Å²) < 4.78 is 32.3. The third-order valence-corrected chi connectivity index (χ3v) is 5.31. The predicted octanol–water partition coefficient (Wildman–Crippen LogP) is 5.10. The Labute approximate surface area is 164 Å². The summed E-state index contributed by atoms with van der Waals surface area (Å²) in [4.78, 5) is 12.6. The third-order valence-electron chi connectivity index (χ3n) is 5.31. The minimum atomic E-state index is -0.602. The Bertz CT molecular complexity index is 783. The van der Waals surface area contributed by atoms with Crippen LogP contribution in [0.15, 0.2) is 42.5 Å². The molecular weight excluding hydrogens is 362 g/mol. The molecule has 1 saturated carbocycles. The van der Waals surface area contributed by atoms with Crippen molar-refractivity contribution in [3.63, 3.8) is 0 Å². The Kier molecular flexibility index (Phi) is 7.15. The van der Waals surface area contributed by atoms with Crippen LogP contribution in [0.5, 0.6) is 5.75 Å². The smallest absolute Gasteiger partial charge is 0.167 e. The molecule has 0 bridgehead atoms. The number of Topliss-reactive ketones (excluding diaryl/α,β-unsaturated/α-hetero) is 1. The summed E-state index contributed by atoms with van der Waals surface area (Å²) in [5.41, 5.74) is 1.01. The van der Waals surface area contributed by atoms with Crippen molar-refractivity contribution in [1.82, 2.24) is 0 Å². The first-order valence-electron chi connectivity index (χ1n) is 9.89. The maximum absolute atomic E-state index is 13.7. The number of aliphatic hydroxyl groups excluding tert-OH is 1. The highest BCUT2D eigenvalue weighted by molar-refractivity contribution is 5.98. The van der Waals surface area contributed by atoms with E-state index >= 15 is 0 Å². The molecule has 0 radical (unpaired) electrons. The quantitative estimate of drug-likeness (QED) is 0.608.